The first-order valence-corrected chi connectivity index (χ1v) is 7.28. The molecule has 0 aliphatic carbocycles. The van der Waals surface area contributed by atoms with Crippen molar-refractivity contribution in [2.24, 2.45) is 0 Å². The lowest BCUT2D eigenvalue weighted by Gasteiger charge is -2.11. The zero-order valence-corrected chi connectivity index (χ0v) is 12.1. The molecule has 0 aromatic carbocycles. The topological polar surface area (TPSA) is 126 Å². The Morgan fingerprint density at radius 1 is 1.45 bits per heavy atom. The number of carboxylic acid groups (broad SMARTS) is 1. The number of carbonyl (C=O) groups excluding carboxylic acids is 1. The second kappa shape index (κ2) is 6.06. The van der Waals surface area contributed by atoms with E-state index in [4.69, 9.17) is 9.52 Å². The maximum absolute atomic E-state index is 11.9. The Hall–Kier alpha value is -1.87. The van der Waals surface area contributed by atoms with Gasteiger partial charge in [-0.15, -0.1) is 0 Å². The van der Waals surface area contributed by atoms with Crippen molar-refractivity contribution in [3.63, 3.8) is 0 Å². The standard InChI is InChI=1S/C11H16N2O6S/c1-4-8(11(15)16)13-10(14)7-5-9(19-6(7)2)20(17,18)12-3/h5,8,12H,4H2,1-3H3,(H,13,14)(H,15,16). The van der Waals surface area contributed by atoms with Crippen molar-refractivity contribution in [1.82, 2.24) is 10.0 Å². The highest BCUT2D eigenvalue weighted by molar-refractivity contribution is 7.89. The van der Waals surface area contributed by atoms with E-state index in [2.05, 4.69) is 10.0 Å². The number of carbonyl (C=O) groups is 2. The van der Waals surface area contributed by atoms with Gasteiger partial charge in [0.25, 0.3) is 15.9 Å². The first-order chi connectivity index (χ1) is 9.22. The second-order valence-electron chi connectivity index (χ2n) is 4.02. The SMILES string of the molecule is CCC(NC(=O)c1cc(S(=O)(=O)NC)oc1C)C(=O)O. The molecule has 1 amide bonds. The van der Waals surface area contributed by atoms with Gasteiger partial charge in [-0.2, -0.15) is 0 Å². The Kier molecular flexibility index (Phi) is 4.90. The van der Waals surface area contributed by atoms with E-state index in [1.54, 1.807) is 6.92 Å². The average Bonchev–Trinajstić information content (AvgIpc) is 2.78. The summed E-state index contributed by atoms with van der Waals surface area (Å²) in [6.45, 7) is 3.03. The quantitative estimate of drug-likeness (QED) is 0.683. The number of hydrogen-bond donors (Lipinski definition) is 3. The van der Waals surface area contributed by atoms with Gasteiger partial charge in [-0.05, 0) is 20.4 Å². The van der Waals surface area contributed by atoms with Crippen molar-refractivity contribution < 1.29 is 27.5 Å². The number of nitrogens with one attached hydrogen (secondary N) is 2. The normalized spacial score (nSPS) is 12.9. The summed E-state index contributed by atoms with van der Waals surface area (Å²) in [5.74, 6) is -1.76. The van der Waals surface area contributed by atoms with Crippen molar-refractivity contribution >= 4 is 21.9 Å². The van der Waals surface area contributed by atoms with Crippen molar-refractivity contribution in [3.05, 3.63) is 17.4 Å². The zero-order chi connectivity index (χ0) is 15.5. The predicted octanol–water partition coefficient (Wildman–Crippen LogP) is 0.0891. The van der Waals surface area contributed by atoms with Gasteiger partial charge in [0.2, 0.25) is 5.09 Å². The number of hydrogen-bond acceptors (Lipinski definition) is 5. The molecule has 0 saturated heterocycles. The Morgan fingerprint density at radius 2 is 2.05 bits per heavy atom. The molecule has 20 heavy (non-hydrogen) atoms. The molecule has 8 nitrogen and oxygen atoms in total. The maximum Gasteiger partial charge on any atom is 0.326 e. The summed E-state index contributed by atoms with van der Waals surface area (Å²) in [5, 5.41) is 10.8. The van der Waals surface area contributed by atoms with Crippen LogP contribution in [0.4, 0.5) is 0 Å². The summed E-state index contributed by atoms with van der Waals surface area (Å²) < 4.78 is 30.2. The summed E-state index contributed by atoms with van der Waals surface area (Å²) in [6, 6.07) is 0.0200. The minimum Gasteiger partial charge on any atom is -0.480 e. The number of carboxylic acids is 1. The molecule has 112 valence electrons. The predicted molar refractivity (Wildman–Crippen MR) is 68.9 cm³/mol. The number of rotatable bonds is 6. The highest BCUT2D eigenvalue weighted by Gasteiger charge is 2.25. The molecule has 9 heteroatoms. The van der Waals surface area contributed by atoms with Crippen LogP contribution in [0.1, 0.15) is 29.5 Å². The van der Waals surface area contributed by atoms with E-state index in [-0.39, 0.29) is 17.7 Å². The fourth-order valence-electron chi connectivity index (χ4n) is 1.49. The molecular weight excluding hydrogens is 288 g/mol. The van der Waals surface area contributed by atoms with E-state index >= 15 is 0 Å². The lowest BCUT2D eigenvalue weighted by atomic mass is 10.2. The minimum atomic E-state index is -3.80. The van der Waals surface area contributed by atoms with Gasteiger partial charge >= 0.3 is 5.97 Å². The third-order valence-corrected chi connectivity index (χ3v) is 3.95. The smallest absolute Gasteiger partial charge is 0.326 e. The molecule has 0 radical (unpaired) electrons. The molecule has 0 bridgehead atoms. The summed E-state index contributed by atoms with van der Waals surface area (Å²) in [7, 11) is -2.58. The van der Waals surface area contributed by atoms with Gasteiger partial charge in [0.15, 0.2) is 0 Å². The van der Waals surface area contributed by atoms with Gasteiger partial charge in [0.1, 0.15) is 11.8 Å². The van der Waals surface area contributed by atoms with Crippen molar-refractivity contribution in [3.8, 4) is 0 Å². The van der Waals surface area contributed by atoms with Crippen molar-refractivity contribution in [2.45, 2.75) is 31.4 Å². The maximum atomic E-state index is 11.9. The lowest BCUT2D eigenvalue weighted by molar-refractivity contribution is -0.139. The van der Waals surface area contributed by atoms with Gasteiger partial charge in [0, 0.05) is 6.07 Å². The van der Waals surface area contributed by atoms with Crippen LogP contribution in [0.5, 0.6) is 0 Å². The molecule has 0 spiro atoms. The fourth-order valence-corrected chi connectivity index (χ4v) is 2.20. The van der Waals surface area contributed by atoms with Crippen LogP contribution < -0.4 is 10.0 Å². The average molecular weight is 304 g/mol. The highest BCUT2D eigenvalue weighted by Crippen LogP contribution is 2.19. The molecule has 0 fully saturated rings. The van der Waals surface area contributed by atoms with Crippen molar-refractivity contribution in [2.75, 3.05) is 7.05 Å². The number of sulfonamides is 1. The minimum absolute atomic E-state index is 0.0153. The van der Waals surface area contributed by atoms with Crippen LogP contribution in [0.25, 0.3) is 0 Å². The summed E-state index contributed by atoms with van der Waals surface area (Å²) >= 11 is 0. The molecule has 1 aromatic rings. The summed E-state index contributed by atoms with van der Waals surface area (Å²) in [4.78, 5) is 22.8. The molecule has 1 unspecified atom stereocenters. The fraction of sp³-hybridized carbons (Fsp3) is 0.455. The molecule has 0 aliphatic heterocycles. The summed E-state index contributed by atoms with van der Waals surface area (Å²) in [6.07, 6.45) is 0.208. The van der Waals surface area contributed by atoms with E-state index < -0.39 is 33.0 Å². The van der Waals surface area contributed by atoms with Gasteiger partial charge in [0.05, 0.1) is 5.56 Å². The van der Waals surface area contributed by atoms with Gasteiger partial charge in [-0.3, -0.25) is 4.79 Å². The lowest BCUT2D eigenvalue weighted by Crippen LogP contribution is -2.40. The number of aliphatic carboxylic acids is 1. The van der Waals surface area contributed by atoms with E-state index in [1.807, 2.05) is 0 Å². The van der Waals surface area contributed by atoms with Crippen LogP contribution in [0, 0.1) is 6.92 Å². The van der Waals surface area contributed by atoms with Crippen LogP contribution in [0.15, 0.2) is 15.6 Å². The van der Waals surface area contributed by atoms with Gasteiger partial charge in [-0.1, -0.05) is 6.92 Å². The van der Waals surface area contributed by atoms with Crippen LogP contribution in [0.3, 0.4) is 0 Å². The van der Waals surface area contributed by atoms with Gasteiger partial charge < -0.3 is 14.8 Å². The van der Waals surface area contributed by atoms with Crippen LogP contribution >= 0.6 is 0 Å². The first-order valence-electron chi connectivity index (χ1n) is 5.80. The molecule has 0 aliphatic rings. The molecule has 1 heterocycles. The van der Waals surface area contributed by atoms with Crippen LogP contribution in [0.2, 0.25) is 0 Å². The van der Waals surface area contributed by atoms with E-state index in [1.165, 1.54) is 14.0 Å². The molecule has 1 rings (SSSR count). The van der Waals surface area contributed by atoms with E-state index in [0.717, 1.165) is 6.07 Å². The molecule has 1 atom stereocenters. The molecule has 3 N–H and O–H groups in total. The van der Waals surface area contributed by atoms with E-state index in [9.17, 15) is 18.0 Å². The number of aryl methyl sites for hydroxylation is 1. The monoisotopic (exact) mass is 304 g/mol. The van der Waals surface area contributed by atoms with Crippen LogP contribution in [-0.4, -0.2) is 38.5 Å². The zero-order valence-electron chi connectivity index (χ0n) is 11.3. The largest absolute Gasteiger partial charge is 0.480 e. The Morgan fingerprint density at radius 3 is 2.50 bits per heavy atom. The second-order valence-corrected chi connectivity index (χ2v) is 5.83. The highest BCUT2D eigenvalue weighted by atomic mass is 32.2. The molecule has 1 aromatic heterocycles. The molecular formula is C11H16N2O6S. The first kappa shape index (κ1) is 16.2. The number of amides is 1. The Balaban J connectivity index is 3.04. The van der Waals surface area contributed by atoms with Crippen molar-refractivity contribution in [1.29, 1.82) is 0 Å². The number of furan rings is 1. The summed E-state index contributed by atoms with van der Waals surface area (Å²) in [5.41, 5.74) is -0.0153. The van der Waals surface area contributed by atoms with E-state index in [0.29, 0.717) is 0 Å². The van der Waals surface area contributed by atoms with Crippen LogP contribution in [-0.2, 0) is 14.8 Å². The third-order valence-electron chi connectivity index (χ3n) is 2.69. The Labute approximate surface area is 116 Å². The van der Waals surface area contributed by atoms with Gasteiger partial charge in [-0.25, -0.2) is 17.9 Å². The third kappa shape index (κ3) is 3.36. The molecule has 0 saturated carbocycles. The Bertz CT molecular complexity index is 619.